The first-order valence-corrected chi connectivity index (χ1v) is 6.53. The average Bonchev–Trinajstić information content (AvgIpc) is 2.89. The second-order valence-electron chi connectivity index (χ2n) is 4.42. The second kappa shape index (κ2) is 5.02. The third-order valence-corrected chi connectivity index (χ3v) is 3.48. The van der Waals surface area contributed by atoms with E-state index < -0.39 is 0 Å². The van der Waals surface area contributed by atoms with Crippen LogP contribution >= 0.6 is 11.6 Å². The van der Waals surface area contributed by atoms with E-state index >= 15 is 0 Å². The summed E-state index contributed by atoms with van der Waals surface area (Å²) in [6.45, 7) is 0. The van der Waals surface area contributed by atoms with Crippen LogP contribution in [0.4, 0.5) is 0 Å². The number of para-hydroxylation sites is 1. The smallest absolute Gasteiger partial charge is 0.198 e. The summed E-state index contributed by atoms with van der Waals surface area (Å²) < 4.78 is 5.24. The van der Waals surface area contributed by atoms with E-state index in [1.165, 1.54) is 0 Å². The molecule has 0 saturated heterocycles. The van der Waals surface area contributed by atoms with Crippen LogP contribution in [0.3, 0.4) is 0 Å². The number of ketones is 1. The zero-order valence-electron chi connectivity index (χ0n) is 10.8. The van der Waals surface area contributed by atoms with Gasteiger partial charge in [0.15, 0.2) is 5.78 Å². The minimum absolute atomic E-state index is 0.0871. The summed E-state index contributed by atoms with van der Waals surface area (Å²) in [5.41, 5.74) is 2.01. The standard InChI is InChI=1S/C16H12ClNO2/c1-20-15-5-3-2-4-11(15)16(19)13-9-18-14-7-6-10(17)8-12(13)14/h2-9,18H,1H3. The fourth-order valence-electron chi connectivity index (χ4n) is 2.26. The lowest BCUT2D eigenvalue weighted by atomic mass is 10.0. The zero-order valence-corrected chi connectivity index (χ0v) is 11.6. The molecule has 0 atom stereocenters. The van der Waals surface area contributed by atoms with Crippen LogP contribution in [0, 0.1) is 0 Å². The number of rotatable bonds is 3. The number of halogens is 1. The first kappa shape index (κ1) is 12.8. The van der Waals surface area contributed by atoms with Gasteiger partial charge in [-0.05, 0) is 30.3 Å². The maximum absolute atomic E-state index is 12.7. The molecule has 4 heteroatoms. The first-order chi connectivity index (χ1) is 9.70. The van der Waals surface area contributed by atoms with E-state index in [-0.39, 0.29) is 5.78 Å². The Morgan fingerprint density at radius 2 is 1.95 bits per heavy atom. The third-order valence-electron chi connectivity index (χ3n) is 3.24. The number of benzene rings is 2. The predicted octanol–water partition coefficient (Wildman–Crippen LogP) is 4.06. The number of fused-ring (bicyclic) bond motifs is 1. The van der Waals surface area contributed by atoms with Crippen LogP contribution in [0.25, 0.3) is 10.9 Å². The van der Waals surface area contributed by atoms with Crippen LogP contribution in [-0.4, -0.2) is 17.9 Å². The summed E-state index contributed by atoms with van der Waals surface area (Å²) in [6, 6.07) is 12.6. The molecule has 3 nitrogen and oxygen atoms in total. The number of carbonyl (C=O) groups is 1. The zero-order chi connectivity index (χ0) is 14.1. The molecule has 0 saturated carbocycles. The lowest BCUT2D eigenvalue weighted by molar-refractivity contribution is 0.103. The van der Waals surface area contributed by atoms with Gasteiger partial charge < -0.3 is 9.72 Å². The molecule has 0 radical (unpaired) electrons. The fraction of sp³-hybridized carbons (Fsp3) is 0.0625. The lowest BCUT2D eigenvalue weighted by Gasteiger charge is -2.06. The molecule has 3 rings (SSSR count). The first-order valence-electron chi connectivity index (χ1n) is 6.15. The van der Waals surface area contributed by atoms with E-state index in [9.17, 15) is 4.79 Å². The molecule has 0 unspecified atom stereocenters. The van der Waals surface area contributed by atoms with Gasteiger partial charge in [-0.2, -0.15) is 0 Å². The van der Waals surface area contributed by atoms with E-state index in [0.717, 1.165) is 10.9 Å². The Bertz CT molecular complexity index is 792. The SMILES string of the molecule is COc1ccccc1C(=O)c1c[nH]c2ccc(Cl)cc12. The quantitative estimate of drug-likeness (QED) is 0.737. The van der Waals surface area contributed by atoms with Crippen LogP contribution in [0.5, 0.6) is 5.75 Å². The van der Waals surface area contributed by atoms with Crippen molar-refractivity contribution in [3.8, 4) is 5.75 Å². The van der Waals surface area contributed by atoms with Crippen LogP contribution in [0.1, 0.15) is 15.9 Å². The van der Waals surface area contributed by atoms with E-state index in [1.807, 2.05) is 18.2 Å². The van der Waals surface area contributed by atoms with Crippen molar-refractivity contribution < 1.29 is 9.53 Å². The lowest BCUT2D eigenvalue weighted by Crippen LogP contribution is -2.03. The molecular weight excluding hydrogens is 274 g/mol. The Hall–Kier alpha value is -2.26. The van der Waals surface area contributed by atoms with Gasteiger partial charge in [-0.1, -0.05) is 23.7 Å². The van der Waals surface area contributed by atoms with Gasteiger partial charge >= 0.3 is 0 Å². The largest absolute Gasteiger partial charge is 0.496 e. The summed E-state index contributed by atoms with van der Waals surface area (Å²) in [4.78, 5) is 15.8. The van der Waals surface area contributed by atoms with Crippen LogP contribution in [0.15, 0.2) is 48.7 Å². The van der Waals surface area contributed by atoms with Crippen LogP contribution < -0.4 is 4.74 Å². The van der Waals surface area contributed by atoms with Crippen molar-refractivity contribution in [3.63, 3.8) is 0 Å². The average molecular weight is 286 g/mol. The number of aromatic amines is 1. The van der Waals surface area contributed by atoms with Crippen molar-refractivity contribution >= 4 is 28.3 Å². The predicted molar refractivity (Wildman–Crippen MR) is 79.7 cm³/mol. The summed E-state index contributed by atoms with van der Waals surface area (Å²) in [7, 11) is 1.55. The molecule has 0 spiro atoms. The molecule has 1 aromatic heterocycles. The molecular formula is C16H12ClNO2. The Labute approximate surface area is 121 Å². The normalized spacial score (nSPS) is 10.7. The molecule has 20 heavy (non-hydrogen) atoms. The number of nitrogens with one attached hydrogen (secondary N) is 1. The van der Waals surface area contributed by atoms with E-state index in [0.29, 0.717) is 21.9 Å². The van der Waals surface area contributed by atoms with Crippen molar-refractivity contribution in [1.82, 2.24) is 4.98 Å². The maximum atomic E-state index is 12.7. The Morgan fingerprint density at radius 3 is 2.75 bits per heavy atom. The maximum Gasteiger partial charge on any atom is 0.198 e. The summed E-state index contributed by atoms with van der Waals surface area (Å²) in [6.07, 6.45) is 1.70. The van der Waals surface area contributed by atoms with Gasteiger partial charge in [0.05, 0.1) is 12.7 Å². The highest BCUT2D eigenvalue weighted by Crippen LogP contribution is 2.27. The topological polar surface area (TPSA) is 42.1 Å². The fourth-order valence-corrected chi connectivity index (χ4v) is 2.43. The van der Waals surface area contributed by atoms with Crippen LogP contribution in [0.2, 0.25) is 5.02 Å². The van der Waals surface area contributed by atoms with Crippen molar-refractivity contribution in [2.75, 3.05) is 7.11 Å². The van der Waals surface area contributed by atoms with Gasteiger partial charge in [-0.3, -0.25) is 4.79 Å². The van der Waals surface area contributed by atoms with E-state index in [4.69, 9.17) is 16.3 Å². The minimum atomic E-state index is -0.0871. The molecule has 0 aliphatic rings. The Kier molecular flexibility index (Phi) is 3.20. The number of methoxy groups -OCH3 is 1. The van der Waals surface area contributed by atoms with Gasteiger partial charge in [0.2, 0.25) is 0 Å². The summed E-state index contributed by atoms with van der Waals surface area (Å²) >= 11 is 6.01. The van der Waals surface area contributed by atoms with Gasteiger partial charge in [-0.15, -0.1) is 0 Å². The molecule has 0 aliphatic heterocycles. The molecule has 100 valence electrons. The minimum Gasteiger partial charge on any atom is -0.496 e. The van der Waals surface area contributed by atoms with Crippen molar-refractivity contribution in [2.24, 2.45) is 0 Å². The highest BCUT2D eigenvalue weighted by atomic mass is 35.5. The molecule has 2 aromatic carbocycles. The molecule has 0 amide bonds. The van der Waals surface area contributed by atoms with Crippen molar-refractivity contribution in [3.05, 3.63) is 64.8 Å². The third kappa shape index (κ3) is 2.06. The van der Waals surface area contributed by atoms with Crippen molar-refractivity contribution in [2.45, 2.75) is 0 Å². The van der Waals surface area contributed by atoms with Gasteiger partial charge in [0, 0.05) is 27.7 Å². The number of ether oxygens (including phenoxy) is 1. The number of hydrogen-bond acceptors (Lipinski definition) is 2. The van der Waals surface area contributed by atoms with Gasteiger partial charge in [0.25, 0.3) is 0 Å². The number of H-pyrrole nitrogens is 1. The van der Waals surface area contributed by atoms with Gasteiger partial charge in [-0.25, -0.2) is 0 Å². The molecule has 0 aliphatic carbocycles. The van der Waals surface area contributed by atoms with E-state index in [1.54, 1.807) is 37.6 Å². The van der Waals surface area contributed by atoms with E-state index in [2.05, 4.69) is 4.98 Å². The second-order valence-corrected chi connectivity index (χ2v) is 4.86. The number of aromatic nitrogens is 1. The number of carbonyl (C=O) groups excluding carboxylic acids is 1. The Balaban J connectivity index is 2.15. The van der Waals surface area contributed by atoms with Gasteiger partial charge in [0.1, 0.15) is 5.75 Å². The highest BCUT2D eigenvalue weighted by molar-refractivity contribution is 6.31. The van der Waals surface area contributed by atoms with Crippen LogP contribution in [-0.2, 0) is 0 Å². The summed E-state index contributed by atoms with van der Waals surface area (Å²) in [5, 5.41) is 1.42. The molecule has 3 aromatic rings. The monoisotopic (exact) mass is 285 g/mol. The highest BCUT2D eigenvalue weighted by Gasteiger charge is 2.17. The number of hydrogen-bond donors (Lipinski definition) is 1. The Morgan fingerprint density at radius 1 is 1.15 bits per heavy atom. The summed E-state index contributed by atoms with van der Waals surface area (Å²) in [5.74, 6) is 0.477. The molecule has 1 N–H and O–H groups in total. The molecule has 0 bridgehead atoms. The van der Waals surface area contributed by atoms with Crippen molar-refractivity contribution in [1.29, 1.82) is 0 Å². The molecule has 0 fully saturated rings. The molecule has 1 heterocycles.